The van der Waals surface area contributed by atoms with Crippen LogP contribution in [-0.2, 0) is 6.42 Å². The summed E-state index contributed by atoms with van der Waals surface area (Å²) in [5, 5.41) is 10.5. The second-order valence-corrected chi connectivity index (χ2v) is 6.03. The van der Waals surface area contributed by atoms with Crippen molar-refractivity contribution in [3.05, 3.63) is 53.3 Å². The van der Waals surface area contributed by atoms with Crippen LogP contribution in [0.2, 0.25) is 0 Å². The van der Waals surface area contributed by atoms with Gasteiger partial charge in [0.05, 0.1) is 24.6 Å². The van der Waals surface area contributed by atoms with E-state index >= 15 is 0 Å². The van der Waals surface area contributed by atoms with Gasteiger partial charge in [0.15, 0.2) is 17.3 Å². The van der Waals surface area contributed by atoms with Crippen LogP contribution in [0.3, 0.4) is 0 Å². The van der Waals surface area contributed by atoms with E-state index in [1.165, 1.54) is 6.07 Å². The largest absolute Gasteiger partial charge is 0.490 e. The number of nitrogens with one attached hydrogen (secondary N) is 2. The minimum absolute atomic E-state index is 0.308. The Labute approximate surface area is 151 Å². The van der Waals surface area contributed by atoms with Crippen molar-refractivity contribution < 1.29 is 13.9 Å². The molecule has 0 saturated heterocycles. The SMILES string of the molecule is CCOc1cc2c(cc1OCC)-c1[nH]nc(Nc3ccccc3F)c1C2. The summed E-state index contributed by atoms with van der Waals surface area (Å²) in [5.74, 6) is 1.79. The Morgan fingerprint density at radius 2 is 1.85 bits per heavy atom. The Balaban J connectivity index is 1.70. The standard InChI is InChI=1S/C20H20FN3O2/c1-3-25-17-10-12-9-14-19(13(12)11-18(17)26-4-2)23-24-20(14)22-16-8-6-5-7-15(16)21/h5-8,10-11H,3-4,9H2,1-2H3,(H2,22,23,24). The highest BCUT2D eigenvalue weighted by atomic mass is 19.1. The molecule has 0 saturated carbocycles. The number of fused-ring (bicyclic) bond motifs is 3. The molecule has 5 nitrogen and oxygen atoms in total. The molecular formula is C20H20FN3O2. The van der Waals surface area contributed by atoms with Crippen molar-refractivity contribution in [2.75, 3.05) is 18.5 Å². The molecule has 0 bridgehead atoms. The van der Waals surface area contributed by atoms with Crippen molar-refractivity contribution in [1.29, 1.82) is 0 Å². The van der Waals surface area contributed by atoms with Crippen molar-refractivity contribution in [3.63, 3.8) is 0 Å². The fraction of sp³-hybridized carbons (Fsp3) is 0.250. The molecule has 0 amide bonds. The van der Waals surface area contributed by atoms with Crippen LogP contribution < -0.4 is 14.8 Å². The van der Waals surface area contributed by atoms with E-state index in [4.69, 9.17) is 9.47 Å². The molecule has 0 fully saturated rings. The fourth-order valence-corrected chi connectivity index (χ4v) is 3.26. The number of nitrogens with zero attached hydrogens (tertiary/aromatic N) is 1. The van der Waals surface area contributed by atoms with Crippen LogP contribution in [0.15, 0.2) is 36.4 Å². The summed E-state index contributed by atoms with van der Waals surface area (Å²) in [5.41, 5.74) is 4.53. The maximum absolute atomic E-state index is 13.9. The molecule has 2 aromatic carbocycles. The van der Waals surface area contributed by atoms with E-state index in [0.717, 1.165) is 33.9 Å². The van der Waals surface area contributed by atoms with Gasteiger partial charge < -0.3 is 14.8 Å². The monoisotopic (exact) mass is 353 g/mol. The Morgan fingerprint density at radius 3 is 2.58 bits per heavy atom. The van der Waals surface area contributed by atoms with E-state index < -0.39 is 0 Å². The summed E-state index contributed by atoms with van der Waals surface area (Å²) in [6.07, 6.45) is 0.699. The molecule has 134 valence electrons. The van der Waals surface area contributed by atoms with E-state index in [2.05, 4.69) is 15.5 Å². The number of ether oxygens (including phenoxy) is 2. The van der Waals surface area contributed by atoms with Gasteiger partial charge in [-0.15, -0.1) is 0 Å². The molecule has 0 atom stereocenters. The predicted octanol–water partition coefficient (Wildman–Crippen LogP) is 4.66. The molecule has 1 aliphatic rings. The molecule has 2 N–H and O–H groups in total. The highest BCUT2D eigenvalue weighted by Gasteiger charge is 2.27. The number of halogens is 1. The Kier molecular flexibility index (Phi) is 4.24. The third-order valence-corrected chi connectivity index (χ3v) is 4.40. The quantitative estimate of drug-likeness (QED) is 0.529. The number of aromatic amines is 1. The van der Waals surface area contributed by atoms with Crippen LogP contribution in [-0.4, -0.2) is 23.4 Å². The number of hydrogen-bond acceptors (Lipinski definition) is 4. The molecule has 4 rings (SSSR count). The lowest BCUT2D eigenvalue weighted by atomic mass is 10.1. The summed E-state index contributed by atoms with van der Waals surface area (Å²) in [4.78, 5) is 0. The van der Waals surface area contributed by atoms with Gasteiger partial charge in [-0.25, -0.2) is 4.39 Å². The molecule has 1 heterocycles. The van der Waals surface area contributed by atoms with Gasteiger partial charge in [0, 0.05) is 17.5 Å². The minimum atomic E-state index is -0.308. The molecular weight excluding hydrogens is 333 g/mol. The van der Waals surface area contributed by atoms with Crippen molar-refractivity contribution in [2.24, 2.45) is 0 Å². The minimum Gasteiger partial charge on any atom is -0.490 e. The van der Waals surface area contributed by atoms with Crippen molar-refractivity contribution in [2.45, 2.75) is 20.3 Å². The second kappa shape index (κ2) is 6.71. The van der Waals surface area contributed by atoms with Crippen molar-refractivity contribution in [1.82, 2.24) is 10.2 Å². The average Bonchev–Trinajstić information content (AvgIpc) is 3.17. The van der Waals surface area contributed by atoms with Gasteiger partial charge in [-0.05, 0) is 43.7 Å². The van der Waals surface area contributed by atoms with Gasteiger partial charge in [0.25, 0.3) is 0 Å². The highest BCUT2D eigenvalue weighted by molar-refractivity contribution is 5.81. The molecule has 0 radical (unpaired) electrons. The van der Waals surface area contributed by atoms with E-state index in [-0.39, 0.29) is 5.82 Å². The zero-order chi connectivity index (χ0) is 18.1. The van der Waals surface area contributed by atoms with Crippen molar-refractivity contribution in [3.8, 4) is 22.8 Å². The zero-order valence-corrected chi connectivity index (χ0v) is 14.7. The summed E-state index contributed by atoms with van der Waals surface area (Å²) >= 11 is 0. The van der Waals surface area contributed by atoms with Gasteiger partial charge >= 0.3 is 0 Å². The fourth-order valence-electron chi connectivity index (χ4n) is 3.26. The van der Waals surface area contributed by atoms with Gasteiger partial charge in [-0.1, -0.05) is 12.1 Å². The number of H-pyrrole nitrogens is 1. The summed E-state index contributed by atoms with van der Waals surface area (Å²) in [6, 6.07) is 10.6. The van der Waals surface area contributed by atoms with Crippen LogP contribution in [0.5, 0.6) is 11.5 Å². The third kappa shape index (κ3) is 2.77. The molecule has 6 heteroatoms. The van der Waals surface area contributed by atoms with Crippen LogP contribution in [0.4, 0.5) is 15.9 Å². The lowest BCUT2D eigenvalue weighted by molar-refractivity contribution is 0.287. The number of benzene rings is 2. The maximum Gasteiger partial charge on any atom is 0.161 e. The second-order valence-electron chi connectivity index (χ2n) is 6.03. The van der Waals surface area contributed by atoms with E-state index in [1.54, 1.807) is 18.2 Å². The third-order valence-electron chi connectivity index (χ3n) is 4.40. The molecule has 3 aromatic rings. The first-order valence-corrected chi connectivity index (χ1v) is 8.73. The average molecular weight is 353 g/mol. The van der Waals surface area contributed by atoms with Gasteiger partial charge in [0.1, 0.15) is 5.82 Å². The molecule has 26 heavy (non-hydrogen) atoms. The Hall–Kier alpha value is -3.02. The smallest absolute Gasteiger partial charge is 0.161 e. The van der Waals surface area contributed by atoms with Crippen LogP contribution in [0, 0.1) is 5.82 Å². The first-order valence-electron chi connectivity index (χ1n) is 8.73. The molecule has 1 aromatic heterocycles. The summed E-state index contributed by atoms with van der Waals surface area (Å²) in [6.45, 7) is 5.04. The zero-order valence-electron chi connectivity index (χ0n) is 14.7. The Morgan fingerprint density at radius 1 is 1.12 bits per heavy atom. The number of hydrogen-bond donors (Lipinski definition) is 2. The first kappa shape index (κ1) is 16.4. The van der Waals surface area contributed by atoms with Crippen LogP contribution in [0.25, 0.3) is 11.3 Å². The summed E-state index contributed by atoms with van der Waals surface area (Å²) < 4.78 is 25.4. The number of aromatic nitrogens is 2. The predicted molar refractivity (Wildman–Crippen MR) is 98.9 cm³/mol. The number of para-hydroxylation sites is 1. The molecule has 1 aliphatic carbocycles. The van der Waals surface area contributed by atoms with Crippen molar-refractivity contribution >= 4 is 11.5 Å². The number of rotatable bonds is 6. The van der Waals surface area contributed by atoms with Crippen LogP contribution in [0.1, 0.15) is 25.0 Å². The van der Waals surface area contributed by atoms with Gasteiger partial charge in [-0.3, -0.25) is 5.10 Å². The Bertz CT molecular complexity index is 952. The normalized spacial score (nSPS) is 11.8. The van der Waals surface area contributed by atoms with Crippen LogP contribution >= 0.6 is 0 Å². The first-order chi connectivity index (χ1) is 12.7. The van der Waals surface area contributed by atoms with E-state index in [0.29, 0.717) is 31.1 Å². The molecule has 0 unspecified atom stereocenters. The topological polar surface area (TPSA) is 59.2 Å². The highest BCUT2D eigenvalue weighted by Crippen LogP contribution is 2.44. The van der Waals surface area contributed by atoms with E-state index in [9.17, 15) is 4.39 Å². The molecule has 0 aliphatic heterocycles. The number of anilines is 2. The maximum atomic E-state index is 13.9. The van der Waals surface area contributed by atoms with Gasteiger partial charge in [0.2, 0.25) is 0 Å². The molecule has 0 spiro atoms. The lowest BCUT2D eigenvalue weighted by Gasteiger charge is -2.13. The van der Waals surface area contributed by atoms with Gasteiger partial charge in [-0.2, -0.15) is 5.10 Å². The van der Waals surface area contributed by atoms with E-state index in [1.807, 2.05) is 26.0 Å². The summed E-state index contributed by atoms with van der Waals surface area (Å²) in [7, 11) is 0. The lowest BCUT2D eigenvalue weighted by Crippen LogP contribution is -2.00.